The van der Waals surface area contributed by atoms with Crippen molar-refractivity contribution in [3.63, 3.8) is 0 Å². The summed E-state index contributed by atoms with van der Waals surface area (Å²) in [6.07, 6.45) is 0.306. The molecule has 8 heteroatoms. The maximum absolute atomic E-state index is 12.4. The van der Waals surface area contributed by atoms with Crippen LogP contribution in [0.3, 0.4) is 0 Å². The van der Waals surface area contributed by atoms with E-state index < -0.39 is 5.97 Å². The highest BCUT2D eigenvalue weighted by molar-refractivity contribution is 5.90. The number of carbonyl (C=O) groups excluding carboxylic acids is 1. The Morgan fingerprint density at radius 3 is 2.56 bits per heavy atom. The second kappa shape index (κ2) is 11.2. The first-order chi connectivity index (χ1) is 20.0. The number of para-hydroxylation sites is 1. The summed E-state index contributed by atoms with van der Waals surface area (Å²) in [6.45, 7) is 4.08. The smallest absolute Gasteiger partial charge is 0.338 e. The predicted molar refractivity (Wildman–Crippen MR) is 154 cm³/mol. The van der Waals surface area contributed by atoms with Gasteiger partial charge in [0.2, 0.25) is 0 Å². The Hall–Kier alpha value is -5.11. The van der Waals surface area contributed by atoms with Crippen LogP contribution in [0.1, 0.15) is 40.3 Å². The van der Waals surface area contributed by atoms with Crippen LogP contribution in [-0.2, 0) is 11.2 Å². The number of rotatable bonds is 7. The fraction of sp³-hybridized carbons (Fsp3) is 0.182. The molecule has 0 spiro atoms. The van der Waals surface area contributed by atoms with E-state index in [1.165, 1.54) is 0 Å². The van der Waals surface area contributed by atoms with Crippen LogP contribution in [0.15, 0.2) is 91.0 Å². The van der Waals surface area contributed by atoms with Crippen LogP contribution in [0, 0.1) is 6.92 Å². The van der Waals surface area contributed by atoms with E-state index in [4.69, 9.17) is 29.0 Å². The van der Waals surface area contributed by atoms with Crippen molar-refractivity contribution in [1.82, 2.24) is 14.8 Å². The maximum atomic E-state index is 12.4. The highest BCUT2D eigenvalue weighted by atomic mass is 16.5. The standard InChI is InChI=1S/C33H29N3O5/c1-4-39-33(37)23-15-17-28(38-3)30(19-23)40-26-13-9-8-12-24(26)32-34-31-20-29(22-10-6-5-7-11-22)41-27-16-14-21(2)18-25(27)36(31)35-32/h5-19,29H,4,20H2,1-3H3. The highest BCUT2D eigenvalue weighted by Gasteiger charge is 2.27. The largest absolute Gasteiger partial charge is 0.493 e. The van der Waals surface area contributed by atoms with Gasteiger partial charge in [0.15, 0.2) is 17.3 Å². The molecule has 206 valence electrons. The second-order valence-electron chi connectivity index (χ2n) is 9.64. The van der Waals surface area contributed by atoms with Gasteiger partial charge in [0, 0.05) is 6.42 Å². The number of hydrogen-bond acceptors (Lipinski definition) is 7. The Morgan fingerprint density at radius 1 is 0.951 bits per heavy atom. The van der Waals surface area contributed by atoms with E-state index in [9.17, 15) is 4.79 Å². The number of esters is 1. The van der Waals surface area contributed by atoms with Crippen LogP contribution in [0.5, 0.6) is 23.0 Å². The van der Waals surface area contributed by atoms with E-state index in [0.29, 0.717) is 40.6 Å². The van der Waals surface area contributed by atoms with Crippen LogP contribution in [0.4, 0.5) is 0 Å². The molecule has 1 aliphatic heterocycles. The minimum atomic E-state index is -0.433. The maximum Gasteiger partial charge on any atom is 0.338 e. The number of carbonyl (C=O) groups is 1. The molecule has 0 aliphatic carbocycles. The van der Waals surface area contributed by atoms with Gasteiger partial charge in [-0.3, -0.25) is 0 Å². The molecule has 8 nitrogen and oxygen atoms in total. The minimum absolute atomic E-state index is 0.225. The van der Waals surface area contributed by atoms with Crippen LogP contribution in [0.2, 0.25) is 0 Å². The molecule has 2 heterocycles. The Balaban J connectivity index is 1.42. The predicted octanol–water partition coefficient (Wildman–Crippen LogP) is 6.90. The van der Waals surface area contributed by atoms with Crippen LogP contribution in [-0.4, -0.2) is 34.5 Å². The van der Waals surface area contributed by atoms with Gasteiger partial charge in [0.25, 0.3) is 0 Å². The second-order valence-corrected chi connectivity index (χ2v) is 9.64. The molecule has 4 aromatic carbocycles. The van der Waals surface area contributed by atoms with Crippen molar-refractivity contribution in [3.8, 4) is 40.1 Å². The van der Waals surface area contributed by atoms with Crippen molar-refractivity contribution < 1.29 is 23.7 Å². The van der Waals surface area contributed by atoms with Gasteiger partial charge >= 0.3 is 5.97 Å². The molecule has 5 aromatic rings. The summed E-state index contributed by atoms with van der Waals surface area (Å²) < 4.78 is 25.4. The van der Waals surface area contributed by atoms with Gasteiger partial charge in [-0.2, -0.15) is 0 Å². The Kier molecular flexibility index (Phi) is 7.12. The van der Waals surface area contributed by atoms with E-state index in [2.05, 4.69) is 18.2 Å². The number of aryl methyl sites for hydroxylation is 1. The average molecular weight is 548 g/mol. The highest BCUT2D eigenvalue weighted by Crippen LogP contribution is 2.39. The van der Waals surface area contributed by atoms with Crippen molar-refractivity contribution >= 4 is 5.97 Å². The summed E-state index contributed by atoms with van der Waals surface area (Å²) in [5.41, 5.74) is 4.05. The minimum Gasteiger partial charge on any atom is -0.493 e. The Labute approximate surface area is 238 Å². The van der Waals surface area contributed by atoms with Gasteiger partial charge in [-0.05, 0) is 67.4 Å². The van der Waals surface area contributed by atoms with Crippen LogP contribution >= 0.6 is 0 Å². The first-order valence-electron chi connectivity index (χ1n) is 13.4. The molecule has 41 heavy (non-hydrogen) atoms. The van der Waals surface area contributed by atoms with Crippen molar-refractivity contribution in [2.24, 2.45) is 0 Å². The van der Waals surface area contributed by atoms with Crippen molar-refractivity contribution in [1.29, 1.82) is 0 Å². The van der Waals surface area contributed by atoms with Gasteiger partial charge in [0.05, 0.1) is 24.8 Å². The van der Waals surface area contributed by atoms with Gasteiger partial charge in [0.1, 0.15) is 29.1 Å². The van der Waals surface area contributed by atoms with E-state index in [0.717, 1.165) is 28.4 Å². The first-order valence-corrected chi connectivity index (χ1v) is 13.4. The molecule has 0 bridgehead atoms. The number of fused-ring (bicyclic) bond motifs is 3. The SMILES string of the molecule is CCOC(=O)c1ccc(OC)c(Oc2ccccc2-c2nc3n(n2)-c2cc(C)ccc2OC(c2ccccc2)C3)c1. The number of benzene rings is 4. The van der Waals surface area contributed by atoms with E-state index >= 15 is 0 Å². The average Bonchev–Trinajstić information content (AvgIpc) is 3.35. The van der Waals surface area contributed by atoms with Crippen molar-refractivity contribution in [3.05, 3.63) is 114 Å². The summed E-state index contributed by atoms with van der Waals surface area (Å²) in [7, 11) is 1.55. The molecule has 1 aliphatic rings. The third-order valence-corrected chi connectivity index (χ3v) is 6.85. The number of methoxy groups -OCH3 is 1. The fourth-order valence-electron chi connectivity index (χ4n) is 4.85. The molecule has 0 amide bonds. The zero-order valence-electron chi connectivity index (χ0n) is 23.0. The topological polar surface area (TPSA) is 84.7 Å². The number of aromatic nitrogens is 3. The third-order valence-electron chi connectivity index (χ3n) is 6.85. The molecule has 1 unspecified atom stereocenters. The lowest BCUT2D eigenvalue weighted by molar-refractivity contribution is 0.0526. The lowest BCUT2D eigenvalue weighted by Crippen LogP contribution is -2.10. The molecular weight excluding hydrogens is 518 g/mol. The molecule has 6 rings (SSSR count). The van der Waals surface area contributed by atoms with E-state index in [-0.39, 0.29) is 12.7 Å². The zero-order chi connectivity index (χ0) is 28.3. The quantitative estimate of drug-likeness (QED) is 0.205. The molecule has 0 fully saturated rings. The van der Waals surface area contributed by atoms with E-state index in [1.807, 2.05) is 66.2 Å². The summed E-state index contributed by atoms with van der Waals surface area (Å²) in [5.74, 6) is 2.97. The number of nitrogens with zero attached hydrogens (tertiary/aromatic N) is 3. The van der Waals surface area contributed by atoms with Crippen LogP contribution < -0.4 is 14.2 Å². The Bertz CT molecular complexity index is 1710. The summed E-state index contributed by atoms with van der Waals surface area (Å²) in [4.78, 5) is 17.4. The normalized spacial score (nSPS) is 13.8. The van der Waals surface area contributed by atoms with Crippen LogP contribution in [0.25, 0.3) is 17.1 Å². The fourth-order valence-corrected chi connectivity index (χ4v) is 4.85. The first kappa shape index (κ1) is 26.1. The molecule has 0 radical (unpaired) electrons. The number of hydrogen-bond donors (Lipinski definition) is 0. The molecular formula is C33H29N3O5. The summed E-state index contributed by atoms with van der Waals surface area (Å²) >= 11 is 0. The molecule has 1 aromatic heterocycles. The molecule has 0 saturated carbocycles. The lowest BCUT2D eigenvalue weighted by atomic mass is 10.1. The zero-order valence-corrected chi connectivity index (χ0v) is 23.0. The molecule has 0 saturated heterocycles. The van der Waals surface area contributed by atoms with Gasteiger partial charge in [-0.15, -0.1) is 5.10 Å². The number of ether oxygens (including phenoxy) is 4. The monoisotopic (exact) mass is 547 g/mol. The third kappa shape index (κ3) is 5.24. The lowest BCUT2D eigenvalue weighted by Gasteiger charge is -2.17. The van der Waals surface area contributed by atoms with Gasteiger partial charge in [-0.25, -0.2) is 14.5 Å². The molecule has 1 atom stereocenters. The van der Waals surface area contributed by atoms with Crippen molar-refractivity contribution in [2.45, 2.75) is 26.4 Å². The van der Waals surface area contributed by atoms with E-state index in [1.54, 1.807) is 32.2 Å². The van der Waals surface area contributed by atoms with Gasteiger partial charge in [-0.1, -0.05) is 48.5 Å². The van der Waals surface area contributed by atoms with Gasteiger partial charge < -0.3 is 18.9 Å². The summed E-state index contributed by atoms with van der Waals surface area (Å²) in [5, 5.41) is 4.95. The molecule has 0 N–H and O–H groups in total. The Morgan fingerprint density at radius 2 is 1.76 bits per heavy atom. The van der Waals surface area contributed by atoms with Crippen molar-refractivity contribution in [2.75, 3.05) is 13.7 Å². The summed E-state index contributed by atoms with van der Waals surface area (Å²) in [6, 6.07) is 28.7.